The summed E-state index contributed by atoms with van der Waals surface area (Å²) in [5.41, 5.74) is 5.45. The van der Waals surface area contributed by atoms with E-state index in [4.69, 9.17) is 25.8 Å². The Hall–Kier alpha value is -4.71. The van der Waals surface area contributed by atoms with E-state index in [0.717, 1.165) is 16.8 Å². The number of amides is 4. The van der Waals surface area contributed by atoms with Gasteiger partial charge in [-0.1, -0.05) is 81.1 Å². The summed E-state index contributed by atoms with van der Waals surface area (Å²) in [5, 5.41) is 21.6. The Balaban J connectivity index is 1.37. The summed E-state index contributed by atoms with van der Waals surface area (Å²) in [6, 6.07) is 20.0. The molecule has 288 valence electrons. The van der Waals surface area contributed by atoms with Crippen molar-refractivity contribution in [2.75, 3.05) is 32.2 Å². The number of alkyl halides is 1. The van der Waals surface area contributed by atoms with Gasteiger partial charge in [0.2, 0.25) is 0 Å². The first-order valence-electron chi connectivity index (χ1n) is 18.1. The van der Waals surface area contributed by atoms with Gasteiger partial charge in [0.05, 0.1) is 24.8 Å². The number of nitrogens with one attached hydrogen (secondary N) is 4. The molecule has 1 aromatic heterocycles. The number of carbonyl (C=O) groups excluding carboxylic acids is 3. The van der Waals surface area contributed by atoms with Gasteiger partial charge in [0.1, 0.15) is 24.3 Å². The van der Waals surface area contributed by atoms with Crippen molar-refractivity contribution in [3.05, 3.63) is 90.1 Å². The molecular weight excluding hydrogens is 712 g/mol. The van der Waals surface area contributed by atoms with Crippen molar-refractivity contribution in [1.29, 1.82) is 0 Å². The van der Waals surface area contributed by atoms with Gasteiger partial charge in [0.25, 0.3) is 5.91 Å². The summed E-state index contributed by atoms with van der Waals surface area (Å²) < 4.78 is 16.9. The van der Waals surface area contributed by atoms with E-state index in [1.165, 1.54) is 0 Å². The van der Waals surface area contributed by atoms with Gasteiger partial charge in [-0.15, -0.1) is 11.6 Å². The third-order valence-corrected chi connectivity index (χ3v) is 9.28. The molecule has 2 aliphatic rings. The average molecular weight is 761 g/mol. The highest BCUT2D eigenvalue weighted by molar-refractivity contribution is 6.17. The third-order valence-electron chi connectivity index (χ3n) is 9.01. The van der Waals surface area contributed by atoms with E-state index < -0.39 is 54.0 Å². The second kappa shape index (κ2) is 19.6. The van der Waals surface area contributed by atoms with Crippen molar-refractivity contribution >= 4 is 29.6 Å². The summed E-state index contributed by atoms with van der Waals surface area (Å²) >= 11 is 5.76. The summed E-state index contributed by atoms with van der Waals surface area (Å²) in [6.45, 7) is 6.60. The number of hydrogen-bond donors (Lipinski definition) is 5. The van der Waals surface area contributed by atoms with Crippen LogP contribution in [0.15, 0.2) is 79.0 Å². The van der Waals surface area contributed by atoms with Gasteiger partial charge in [-0.3, -0.25) is 15.2 Å². The minimum atomic E-state index is -1.32. The third kappa shape index (κ3) is 11.9. The van der Waals surface area contributed by atoms with Crippen LogP contribution in [0.3, 0.4) is 0 Å². The Kier molecular flexibility index (Phi) is 14.7. The Bertz CT molecular complexity index is 1730. The molecule has 2 saturated heterocycles. The molecule has 0 saturated carbocycles. The molecule has 2 aliphatic heterocycles. The standard InChI is InChI=1S/C40H49ClN6O7/c1-40(2,3)35(45-38(50)43-22-9-20-41)36(49)46-47(24-28-13-16-29(17-14-28)31-12-7-8-21-42-31)25-33(48)32(18-15-27-10-5-4-6-11-27)44-39(51)54-34-26-53-37-30(34)19-23-52-37/h4-8,10-14,16-17,21,30,32-35,37,48H,9,19-20,22-26H2,1-3H3,(H,44,51)(H,46,49)(H2,43,45,50)/t30-,32?,33-,34-,35+,37+/m0/s1. The SMILES string of the molecule is CC(C)(C)[C@H](NC(=O)NCCCCl)C(=O)NN(Cc1ccc(-c2ccccn2)cc1)C[C@H](O)C(C#Cc1ccccc1)NC(=O)O[C@H]1CO[C@H]2OCC[C@H]21. The molecule has 5 N–H and O–H groups in total. The molecule has 13 nitrogen and oxygen atoms in total. The van der Waals surface area contributed by atoms with E-state index in [2.05, 4.69) is 38.2 Å². The molecule has 1 unspecified atom stereocenters. The number of aliphatic hydroxyl groups excluding tert-OH is 1. The fourth-order valence-corrected chi connectivity index (χ4v) is 6.25. The highest BCUT2D eigenvalue weighted by Crippen LogP contribution is 2.33. The number of fused-ring (bicyclic) bond motifs is 1. The van der Waals surface area contributed by atoms with Crippen molar-refractivity contribution in [2.45, 2.75) is 70.7 Å². The molecule has 0 spiro atoms. The van der Waals surface area contributed by atoms with Gasteiger partial charge in [0, 0.05) is 42.8 Å². The zero-order valence-corrected chi connectivity index (χ0v) is 31.6. The molecule has 3 aromatic rings. The van der Waals surface area contributed by atoms with Crippen LogP contribution in [0.2, 0.25) is 0 Å². The maximum absolute atomic E-state index is 14.0. The van der Waals surface area contributed by atoms with Gasteiger partial charge in [-0.2, -0.15) is 0 Å². The number of aliphatic hydroxyl groups is 1. The van der Waals surface area contributed by atoms with Crippen LogP contribution in [0.5, 0.6) is 0 Å². The maximum atomic E-state index is 14.0. The molecule has 5 rings (SSSR count). The Morgan fingerprint density at radius 3 is 2.50 bits per heavy atom. The van der Waals surface area contributed by atoms with Crippen molar-refractivity contribution in [3.8, 4) is 23.1 Å². The molecule has 14 heteroatoms. The van der Waals surface area contributed by atoms with E-state index >= 15 is 0 Å². The van der Waals surface area contributed by atoms with Crippen molar-refractivity contribution in [2.24, 2.45) is 11.3 Å². The van der Waals surface area contributed by atoms with E-state index in [9.17, 15) is 19.5 Å². The number of halogens is 1. The van der Waals surface area contributed by atoms with Crippen LogP contribution in [-0.2, 0) is 25.5 Å². The molecule has 2 fully saturated rings. The lowest BCUT2D eigenvalue weighted by molar-refractivity contribution is -0.131. The number of nitrogens with zero attached hydrogens (tertiary/aromatic N) is 2. The first kappa shape index (κ1) is 40.5. The highest BCUT2D eigenvalue weighted by atomic mass is 35.5. The van der Waals surface area contributed by atoms with Crippen LogP contribution in [0, 0.1) is 23.2 Å². The fraction of sp³-hybridized carbons (Fsp3) is 0.450. The molecule has 54 heavy (non-hydrogen) atoms. The van der Waals surface area contributed by atoms with Crippen LogP contribution in [-0.4, -0.2) is 95.9 Å². The van der Waals surface area contributed by atoms with Crippen molar-refractivity contribution in [1.82, 2.24) is 31.4 Å². The number of hydrogen-bond acceptors (Lipinski definition) is 9. The average Bonchev–Trinajstić information content (AvgIpc) is 3.78. The zero-order chi connectivity index (χ0) is 38.5. The Labute approximate surface area is 321 Å². The van der Waals surface area contributed by atoms with Gasteiger partial charge >= 0.3 is 12.1 Å². The monoisotopic (exact) mass is 760 g/mol. The molecule has 0 aliphatic carbocycles. The molecular formula is C40H49ClN6O7. The summed E-state index contributed by atoms with van der Waals surface area (Å²) in [7, 11) is 0. The van der Waals surface area contributed by atoms with Crippen LogP contribution >= 0.6 is 11.6 Å². The normalized spacial score (nSPS) is 19.4. The largest absolute Gasteiger partial charge is 0.443 e. The van der Waals surface area contributed by atoms with Crippen LogP contribution in [0.25, 0.3) is 11.3 Å². The minimum absolute atomic E-state index is 0.0731. The maximum Gasteiger partial charge on any atom is 0.408 e. The molecule has 3 heterocycles. The molecule has 6 atom stereocenters. The first-order chi connectivity index (χ1) is 26.0. The van der Waals surface area contributed by atoms with E-state index in [1.54, 1.807) is 11.2 Å². The number of carbonyl (C=O) groups is 3. The second-order valence-electron chi connectivity index (χ2n) is 14.3. The van der Waals surface area contributed by atoms with Crippen molar-refractivity contribution in [3.63, 3.8) is 0 Å². The van der Waals surface area contributed by atoms with Crippen molar-refractivity contribution < 1.29 is 33.7 Å². The highest BCUT2D eigenvalue weighted by Gasteiger charge is 2.44. The van der Waals surface area contributed by atoms with Crippen LogP contribution < -0.4 is 21.4 Å². The van der Waals surface area contributed by atoms with Gasteiger partial charge < -0.3 is 35.3 Å². The smallest absolute Gasteiger partial charge is 0.408 e. The minimum Gasteiger partial charge on any atom is -0.443 e. The lowest BCUT2D eigenvalue weighted by atomic mass is 9.86. The van der Waals surface area contributed by atoms with Crippen LogP contribution in [0.4, 0.5) is 9.59 Å². The summed E-state index contributed by atoms with van der Waals surface area (Å²) in [6.07, 6.45) is 0.0225. The number of alkyl carbamates (subject to hydrolysis) is 1. The Morgan fingerprint density at radius 2 is 1.80 bits per heavy atom. The van der Waals surface area contributed by atoms with E-state index in [0.29, 0.717) is 37.4 Å². The van der Waals surface area contributed by atoms with Gasteiger partial charge in [0.15, 0.2) is 6.29 Å². The number of ether oxygens (including phenoxy) is 3. The Morgan fingerprint density at radius 1 is 1.04 bits per heavy atom. The number of hydrazine groups is 1. The predicted molar refractivity (Wildman–Crippen MR) is 204 cm³/mol. The lowest BCUT2D eigenvalue weighted by Gasteiger charge is -2.34. The second-order valence-corrected chi connectivity index (χ2v) is 14.7. The quantitative estimate of drug-likeness (QED) is 0.0702. The topological polar surface area (TPSA) is 163 Å². The number of benzene rings is 2. The number of urea groups is 1. The van der Waals surface area contributed by atoms with Crippen LogP contribution in [0.1, 0.15) is 44.7 Å². The number of pyridine rings is 1. The zero-order valence-electron chi connectivity index (χ0n) is 30.8. The van der Waals surface area contributed by atoms with Gasteiger partial charge in [-0.25, -0.2) is 14.6 Å². The van der Waals surface area contributed by atoms with E-state index in [1.807, 2.05) is 93.6 Å². The summed E-state index contributed by atoms with van der Waals surface area (Å²) in [4.78, 5) is 44.4. The lowest BCUT2D eigenvalue weighted by Crippen LogP contribution is -2.60. The number of rotatable bonds is 14. The van der Waals surface area contributed by atoms with E-state index in [-0.39, 0.29) is 25.6 Å². The predicted octanol–water partition coefficient (Wildman–Crippen LogP) is 4.19. The molecule has 0 bridgehead atoms. The molecule has 0 radical (unpaired) electrons. The first-order valence-corrected chi connectivity index (χ1v) is 18.6. The molecule has 2 aromatic carbocycles. The molecule has 4 amide bonds. The number of aromatic nitrogens is 1. The fourth-order valence-electron chi connectivity index (χ4n) is 6.12. The summed E-state index contributed by atoms with van der Waals surface area (Å²) in [5.74, 6) is 5.84. The van der Waals surface area contributed by atoms with Gasteiger partial charge in [-0.05, 0) is 48.1 Å².